The summed E-state index contributed by atoms with van der Waals surface area (Å²) in [5, 5.41) is 9.06. The third kappa shape index (κ3) is 1.40. The molecule has 0 saturated heterocycles. The monoisotopic (exact) mass is 245 g/mol. The fraction of sp³-hybridized carbons (Fsp3) is 0. The molecule has 0 bridgehead atoms. The van der Waals surface area contributed by atoms with E-state index in [-0.39, 0.29) is 31.5 Å². The maximum atomic E-state index is 9.21. The smallest absolute Gasteiger partial charge is 0.156 e. The third-order valence-corrected chi connectivity index (χ3v) is 2.99. The third-order valence-electron chi connectivity index (χ3n) is 1.27. The SMILES string of the molecule is Nc1c(Cl)c(O)c(Cl)c(Cl)c1Cl. The number of aromatic hydroxyl groups is 1. The number of benzene rings is 1. The molecule has 0 aliphatic rings. The molecule has 0 heterocycles. The van der Waals surface area contributed by atoms with E-state index in [9.17, 15) is 5.11 Å². The minimum Gasteiger partial charge on any atom is -0.505 e. The van der Waals surface area contributed by atoms with E-state index >= 15 is 0 Å². The van der Waals surface area contributed by atoms with Gasteiger partial charge in [-0.3, -0.25) is 0 Å². The molecule has 0 unspecified atom stereocenters. The number of phenols is 1. The molecule has 0 radical (unpaired) electrons. The molecule has 0 aliphatic heterocycles. The van der Waals surface area contributed by atoms with Gasteiger partial charge in [0.2, 0.25) is 0 Å². The highest BCUT2D eigenvalue weighted by Crippen LogP contribution is 2.46. The Balaban J connectivity index is 3.60. The second-order valence-corrected chi connectivity index (χ2v) is 3.53. The first-order valence-corrected chi connectivity index (χ1v) is 4.28. The zero-order valence-corrected chi connectivity index (χ0v) is 8.56. The second-order valence-electron chi connectivity index (χ2n) is 2.02. The van der Waals surface area contributed by atoms with Gasteiger partial charge in [0.15, 0.2) is 5.75 Å². The summed E-state index contributed by atoms with van der Waals surface area (Å²) in [4.78, 5) is 0. The Morgan fingerprint density at radius 1 is 0.833 bits per heavy atom. The van der Waals surface area contributed by atoms with E-state index in [1.807, 2.05) is 0 Å². The van der Waals surface area contributed by atoms with Gasteiger partial charge in [0.05, 0.1) is 15.7 Å². The quantitative estimate of drug-likeness (QED) is 0.418. The summed E-state index contributed by atoms with van der Waals surface area (Å²) in [5.74, 6) is -0.356. The van der Waals surface area contributed by atoms with Crippen molar-refractivity contribution in [1.29, 1.82) is 0 Å². The Kier molecular flexibility index (Phi) is 2.84. The van der Waals surface area contributed by atoms with Crippen LogP contribution in [0.2, 0.25) is 20.1 Å². The minimum atomic E-state index is -0.356. The minimum absolute atomic E-state index is 0.00210. The van der Waals surface area contributed by atoms with Crippen LogP contribution in [-0.4, -0.2) is 5.11 Å². The summed E-state index contributed by atoms with van der Waals surface area (Å²) in [7, 11) is 0. The standard InChI is InChI=1S/C6H3Cl4NO/c7-1-2(8)5(11)4(10)6(12)3(1)9/h12H,11H2. The Bertz CT molecular complexity index is 234. The van der Waals surface area contributed by atoms with E-state index in [0.717, 1.165) is 0 Å². The highest BCUT2D eigenvalue weighted by molar-refractivity contribution is 6.52. The fourth-order valence-electron chi connectivity index (χ4n) is 0.639. The van der Waals surface area contributed by atoms with Crippen molar-refractivity contribution in [3.05, 3.63) is 20.1 Å². The van der Waals surface area contributed by atoms with Crippen molar-refractivity contribution in [2.24, 2.45) is 0 Å². The van der Waals surface area contributed by atoms with E-state index in [1.165, 1.54) is 0 Å². The molecule has 0 atom stereocenters. The molecule has 12 heavy (non-hydrogen) atoms. The van der Waals surface area contributed by atoms with E-state index in [4.69, 9.17) is 52.1 Å². The number of rotatable bonds is 0. The first kappa shape index (κ1) is 10.1. The summed E-state index contributed by atoms with van der Waals surface area (Å²) in [6.07, 6.45) is 0. The van der Waals surface area contributed by atoms with E-state index in [2.05, 4.69) is 0 Å². The van der Waals surface area contributed by atoms with Gasteiger partial charge in [0.1, 0.15) is 10.0 Å². The van der Waals surface area contributed by atoms with E-state index < -0.39 is 0 Å². The number of halogens is 4. The Hall–Kier alpha value is -0.0200. The van der Waals surface area contributed by atoms with Crippen molar-refractivity contribution in [2.45, 2.75) is 0 Å². The first-order valence-electron chi connectivity index (χ1n) is 2.77. The lowest BCUT2D eigenvalue weighted by Crippen LogP contribution is -1.89. The Morgan fingerprint density at radius 3 is 1.83 bits per heavy atom. The van der Waals surface area contributed by atoms with Gasteiger partial charge in [-0.15, -0.1) is 0 Å². The molecule has 66 valence electrons. The summed E-state index contributed by atoms with van der Waals surface area (Å²) < 4.78 is 0. The fourth-order valence-corrected chi connectivity index (χ4v) is 1.54. The van der Waals surface area contributed by atoms with Crippen molar-refractivity contribution in [2.75, 3.05) is 5.73 Å². The van der Waals surface area contributed by atoms with Crippen LogP contribution in [0.3, 0.4) is 0 Å². The summed E-state index contributed by atoms with van der Waals surface area (Å²) in [5.41, 5.74) is 5.40. The van der Waals surface area contributed by atoms with Crippen LogP contribution in [0.4, 0.5) is 5.69 Å². The summed E-state index contributed by atoms with van der Waals surface area (Å²) >= 11 is 22.3. The van der Waals surface area contributed by atoms with E-state index in [0.29, 0.717) is 0 Å². The van der Waals surface area contributed by atoms with Crippen LogP contribution >= 0.6 is 46.4 Å². The number of nitrogen functional groups attached to an aromatic ring is 1. The van der Waals surface area contributed by atoms with Gasteiger partial charge in [-0.2, -0.15) is 0 Å². The van der Waals surface area contributed by atoms with Gasteiger partial charge < -0.3 is 10.8 Å². The molecule has 3 N–H and O–H groups in total. The zero-order valence-electron chi connectivity index (χ0n) is 5.54. The van der Waals surface area contributed by atoms with Crippen LogP contribution in [0.5, 0.6) is 5.75 Å². The van der Waals surface area contributed by atoms with Gasteiger partial charge in [0, 0.05) is 0 Å². The molecular weight excluding hydrogens is 244 g/mol. The predicted molar refractivity (Wildman–Crippen MR) is 52.6 cm³/mol. The van der Waals surface area contributed by atoms with Crippen LogP contribution in [0.25, 0.3) is 0 Å². The van der Waals surface area contributed by atoms with Gasteiger partial charge in [0.25, 0.3) is 0 Å². The summed E-state index contributed by atoms with van der Waals surface area (Å²) in [6.45, 7) is 0. The normalized spacial score (nSPS) is 10.3. The maximum Gasteiger partial charge on any atom is 0.156 e. The average Bonchev–Trinajstić information content (AvgIpc) is 2.08. The van der Waals surface area contributed by atoms with Crippen molar-refractivity contribution in [1.82, 2.24) is 0 Å². The van der Waals surface area contributed by atoms with Gasteiger partial charge in [-0.05, 0) is 0 Å². The molecule has 1 aromatic carbocycles. The van der Waals surface area contributed by atoms with E-state index in [1.54, 1.807) is 0 Å². The van der Waals surface area contributed by atoms with Gasteiger partial charge in [-0.25, -0.2) is 0 Å². The Morgan fingerprint density at radius 2 is 1.33 bits per heavy atom. The van der Waals surface area contributed by atoms with Crippen molar-refractivity contribution >= 4 is 52.1 Å². The maximum absolute atomic E-state index is 9.21. The van der Waals surface area contributed by atoms with Crippen molar-refractivity contribution in [3.63, 3.8) is 0 Å². The molecule has 0 fully saturated rings. The second kappa shape index (κ2) is 3.38. The number of nitrogens with two attached hydrogens (primary N) is 1. The number of anilines is 1. The predicted octanol–water partition coefficient (Wildman–Crippen LogP) is 3.59. The molecule has 1 rings (SSSR count). The topological polar surface area (TPSA) is 46.2 Å². The average molecular weight is 247 g/mol. The summed E-state index contributed by atoms with van der Waals surface area (Å²) in [6, 6.07) is 0. The highest BCUT2D eigenvalue weighted by Gasteiger charge is 2.17. The first-order chi connectivity index (χ1) is 5.46. The number of hydrogen-bond acceptors (Lipinski definition) is 2. The lowest BCUT2D eigenvalue weighted by molar-refractivity contribution is 0.476. The largest absolute Gasteiger partial charge is 0.505 e. The van der Waals surface area contributed by atoms with Crippen LogP contribution in [0.15, 0.2) is 0 Å². The molecule has 0 aromatic heterocycles. The molecule has 1 aromatic rings. The van der Waals surface area contributed by atoms with Crippen LogP contribution < -0.4 is 5.73 Å². The van der Waals surface area contributed by atoms with Crippen LogP contribution in [0.1, 0.15) is 0 Å². The van der Waals surface area contributed by atoms with Crippen LogP contribution in [-0.2, 0) is 0 Å². The molecular formula is C6H3Cl4NO. The molecule has 6 heteroatoms. The molecule has 0 amide bonds. The molecule has 0 spiro atoms. The van der Waals surface area contributed by atoms with Crippen LogP contribution in [0, 0.1) is 0 Å². The molecule has 2 nitrogen and oxygen atoms in total. The zero-order chi connectivity index (χ0) is 9.46. The lowest BCUT2D eigenvalue weighted by Gasteiger charge is -2.07. The number of hydrogen-bond donors (Lipinski definition) is 2. The molecule has 0 saturated carbocycles. The van der Waals surface area contributed by atoms with Crippen molar-refractivity contribution in [3.8, 4) is 5.75 Å². The number of phenolic OH excluding ortho intramolecular Hbond substituents is 1. The van der Waals surface area contributed by atoms with Gasteiger partial charge in [-0.1, -0.05) is 46.4 Å². The Labute approximate surface area is 88.8 Å². The molecule has 0 aliphatic carbocycles. The lowest BCUT2D eigenvalue weighted by atomic mass is 10.3. The highest BCUT2D eigenvalue weighted by atomic mass is 35.5. The van der Waals surface area contributed by atoms with Crippen molar-refractivity contribution < 1.29 is 5.11 Å². The van der Waals surface area contributed by atoms with Gasteiger partial charge >= 0.3 is 0 Å².